The molecule has 0 aromatic rings. The zero-order chi connectivity index (χ0) is 13.9. The summed E-state index contributed by atoms with van der Waals surface area (Å²) in [5.74, 6) is 2.43. The zero-order valence-electron chi connectivity index (χ0n) is 13.2. The Hall–Kier alpha value is -0.170. The molecule has 0 fully saturated rings. The fourth-order valence-electron chi connectivity index (χ4n) is 1.15. The standard InChI is InChI=1S/C10H16S.3C2H6/c1-2-11-9-10-7-5-3-4-6-8-10;3*1-2/h5,7-8H,2-4,6,9H2,1H3;3*1-2H3. The molecule has 0 saturated carbocycles. The summed E-state index contributed by atoms with van der Waals surface area (Å²) in [6.45, 7) is 14.2. The first-order valence-electron chi connectivity index (χ1n) is 7.37. The van der Waals surface area contributed by atoms with Crippen molar-refractivity contribution in [1.82, 2.24) is 0 Å². The third kappa shape index (κ3) is 18.4. The summed E-state index contributed by atoms with van der Waals surface area (Å²) in [5.41, 5.74) is 1.52. The van der Waals surface area contributed by atoms with Gasteiger partial charge in [0.1, 0.15) is 0 Å². The van der Waals surface area contributed by atoms with Crippen molar-refractivity contribution in [3.05, 3.63) is 23.8 Å². The summed E-state index contributed by atoms with van der Waals surface area (Å²) in [4.78, 5) is 0. The Balaban J connectivity index is -0.000000285. The maximum Gasteiger partial charge on any atom is 0.0181 e. The van der Waals surface area contributed by atoms with Gasteiger partial charge in [0.25, 0.3) is 0 Å². The summed E-state index contributed by atoms with van der Waals surface area (Å²) < 4.78 is 0. The molecule has 0 heterocycles. The summed E-state index contributed by atoms with van der Waals surface area (Å²) in [7, 11) is 0. The average Bonchev–Trinajstić information content (AvgIpc) is 2.72. The minimum atomic E-state index is 1.20. The van der Waals surface area contributed by atoms with Crippen LogP contribution in [-0.2, 0) is 0 Å². The smallest absolute Gasteiger partial charge is 0.0181 e. The lowest BCUT2D eigenvalue weighted by atomic mass is 10.2. The molecule has 0 radical (unpaired) electrons. The fourth-order valence-corrected chi connectivity index (χ4v) is 1.81. The summed E-state index contributed by atoms with van der Waals surface area (Å²) in [5, 5.41) is 0. The van der Waals surface area contributed by atoms with Crippen LogP contribution < -0.4 is 0 Å². The van der Waals surface area contributed by atoms with Crippen LogP contribution in [0.5, 0.6) is 0 Å². The SMILES string of the molecule is CC.CC.CC.CCSCC1=CCCCC=C1. The molecule has 0 aromatic heterocycles. The van der Waals surface area contributed by atoms with E-state index in [2.05, 4.69) is 25.2 Å². The van der Waals surface area contributed by atoms with Crippen molar-refractivity contribution in [3.8, 4) is 0 Å². The van der Waals surface area contributed by atoms with Gasteiger partial charge in [-0.25, -0.2) is 0 Å². The van der Waals surface area contributed by atoms with E-state index in [0.717, 1.165) is 0 Å². The molecule has 1 rings (SSSR count). The molecule has 0 unspecified atom stereocenters. The second-order valence-electron chi connectivity index (χ2n) is 2.75. The summed E-state index contributed by atoms with van der Waals surface area (Å²) in [6.07, 6.45) is 10.8. The van der Waals surface area contributed by atoms with Crippen molar-refractivity contribution in [2.24, 2.45) is 0 Å². The van der Waals surface area contributed by atoms with E-state index >= 15 is 0 Å². The monoisotopic (exact) mass is 258 g/mol. The molecule has 0 saturated heterocycles. The van der Waals surface area contributed by atoms with E-state index in [1.54, 1.807) is 0 Å². The lowest BCUT2D eigenvalue weighted by Crippen LogP contribution is -1.82. The third-order valence-electron chi connectivity index (χ3n) is 1.79. The summed E-state index contributed by atoms with van der Waals surface area (Å²) in [6, 6.07) is 0. The van der Waals surface area contributed by atoms with E-state index in [-0.39, 0.29) is 0 Å². The van der Waals surface area contributed by atoms with E-state index in [4.69, 9.17) is 0 Å². The predicted molar refractivity (Wildman–Crippen MR) is 88.1 cm³/mol. The topological polar surface area (TPSA) is 0 Å². The average molecular weight is 259 g/mol. The first-order chi connectivity index (χ1) is 8.43. The molecular weight excluding hydrogens is 224 g/mol. The predicted octanol–water partition coefficient (Wildman–Crippen LogP) is 6.48. The van der Waals surface area contributed by atoms with E-state index in [0.29, 0.717) is 0 Å². The molecule has 1 aliphatic carbocycles. The molecule has 104 valence electrons. The van der Waals surface area contributed by atoms with Gasteiger partial charge >= 0.3 is 0 Å². The van der Waals surface area contributed by atoms with Gasteiger partial charge in [-0.2, -0.15) is 11.8 Å². The van der Waals surface area contributed by atoms with Crippen LogP contribution in [0.25, 0.3) is 0 Å². The summed E-state index contributed by atoms with van der Waals surface area (Å²) >= 11 is 2.00. The van der Waals surface area contributed by atoms with Crippen LogP contribution >= 0.6 is 11.8 Å². The van der Waals surface area contributed by atoms with Crippen molar-refractivity contribution < 1.29 is 0 Å². The molecule has 0 bridgehead atoms. The molecule has 1 heteroatoms. The van der Waals surface area contributed by atoms with Gasteiger partial charge < -0.3 is 0 Å². The van der Waals surface area contributed by atoms with Crippen molar-refractivity contribution in [2.75, 3.05) is 11.5 Å². The van der Waals surface area contributed by atoms with Crippen LogP contribution in [0.15, 0.2) is 23.8 Å². The van der Waals surface area contributed by atoms with Gasteiger partial charge in [-0.1, -0.05) is 66.7 Å². The van der Waals surface area contributed by atoms with E-state index in [1.165, 1.54) is 36.3 Å². The van der Waals surface area contributed by atoms with Crippen LogP contribution in [-0.4, -0.2) is 11.5 Å². The number of hydrogen-bond acceptors (Lipinski definition) is 1. The Labute approximate surface area is 115 Å². The molecule has 1 aliphatic rings. The normalized spacial score (nSPS) is 12.5. The van der Waals surface area contributed by atoms with Crippen LogP contribution in [0.4, 0.5) is 0 Å². The minimum absolute atomic E-state index is 1.20. The van der Waals surface area contributed by atoms with Gasteiger partial charge in [-0.05, 0) is 30.6 Å². The molecule has 0 amide bonds. The van der Waals surface area contributed by atoms with Gasteiger partial charge in [0.05, 0.1) is 0 Å². The van der Waals surface area contributed by atoms with Crippen molar-refractivity contribution in [1.29, 1.82) is 0 Å². The maximum absolute atomic E-state index is 2.38. The van der Waals surface area contributed by atoms with Gasteiger partial charge in [0.2, 0.25) is 0 Å². The van der Waals surface area contributed by atoms with Crippen LogP contribution in [0.3, 0.4) is 0 Å². The highest BCUT2D eigenvalue weighted by molar-refractivity contribution is 7.99. The van der Waals surface area contributed by atoms with Crippen molar-refractivity contribution in [3.63, 3.8) is 0 Å². The molecule has 0 atom stereocenters. The van der Waals surface area contributed by atoms with Crippen LogP contribution in [0, 0.1) is 0 Å². The van der Waals surface area contributed by atoms with Crippen LogP contribution in [0.1, 0.15) is 67.7 Å². The minimum Gasteiger partial charge on any atom is -0.158 e. The number of hydrogen-bond donors (Lipinski definition) is 0. The number of allylic oxidation sites excluding steroid dienone is 3. The van der Waals surface area contributed by atoms with Crippen LogP contribution in [0.2, 0.25) is 0 Å². The second-order valence-corrected chi connectivity index (χ2v) is 4.02. The fraction of sp³-hybridized carbons (Fsp3) is 0.750. The van der Waals surface area contributed by atoms with E-state index in [9.17, 15) is 0 Å². The highest BCUT2D eigenvalue weighted by Crippen LogP contribution is 2.14. The van der Waals surface area contributed by atoms with E-state index in [1.807, 2.05) is 53.3 Å². The maximum atomic E-state index is 2.38. The largest absolute Gasteiger partial charge is 0.158 e. The molecule has 0 aromatic carbocycles. The lowest BCUT2D eigenvalue weighted by Gasteiger charge is -1.97. The molecule has 0 N–H and O–H groups in total. The Bertz CT molecular complexity index is 157. The van der Waals surface area contributed by atoms with Gasteiger partial charge in [-0.3, -0.25) is 0 Å². The van der Waals surface area contributed by atoms with Gasteiger partial charge in [0, 0.05) is 5.75 Å². The van der Waals surface area contributed by atoms with E-state index < -0.39 is 0 Å². The lowest BCUT2D eigenvalue weighted by molar-refractivity contribution is 0.874. The Morgan fingerprint density at radius 3 is 2.12 bits per heavy atom. The molecule has 0 nitrogen and oxygen atoms in total. The Morgan fingerprint density at radius 1 is 1.00 bits per heavy atom. The quantitative estimate of drug-likeness (QED) is 0.558. The molecule has 0 spiro atoms. The first kappa shape index (κ1) is 22.0. The number of rotatable bonds is 3. The third-order valence-corrected chi connectivity index (χ3v) is 2.73. The highest BCUT2D eigenvalue weighted by atomic mass is 32.2. The van der Waals surface area contributed by atoms with Gasteiger partial charge in [-0.15, -0.1) is 0 Å². The van der Waals surface area contributed by atoms with Crippen molar-refractivity contribution in [2.45, 2.75) is 67.7 Å². The Kier molecular flexibility index (Phi) is 32.3. The van der Waals surface area contributed by atoms with Gasteiger partial charge in [0.15, 0.2) is 0 Å². The second kappa shape index (κ2) is 24.9. The molecule has 0 aliphatic heterocycles. The zero-order valence-corrected chi connectivity index (χ0v) is 14.0. The van der Waals surface area contributed by atoms with Crippen molar-refractivity contribution >= 4 is 11.8 Å². The number of thioether (sulfide) groups is 1. The molecule has 17 heavy (non-hydrogen) atoms. The molecular formula is C16H34S. The highest BCUT2D eigenvalue weighted by Gasteiger charge is 1.95. The Morgan fingerprint density at radius 2 is 1.59 bits per heavy atom. The first-order valence-corrected chi connectivity index (χ1v) is 8.52.